The van der Waals surface area contributed by atoms with Crippen LogP contribution in [0.1, 0.15) is 29.2 Å². The zero-order valence-corrected chi connectivity index (χ0v) is 9.63. The molecule has 1 aromatic heterocycles. The standard InChI is InChI=1S/C12H17NO4/c14-8-9-3-5-13(6-4-9)7-10-1-2-11(17-10)12(15)16/h1-2,9,14H,3-8H2,(H,15,16). The molecule has 94 valence electrons. The van der Waals surface area contributed by atoms with Gasteiger partial charge in [-0.05, 0) is 44.0 Å². The molecule has 0 amide bonds. The van der Waals surface area contributed by atoms with E-state index in [1.807, 2.05) is 0 Å². The van der Waals surface area contributed by atoms with Crippen molar-refractivity contribution in [2.24, 2.45) is 5.92 Å². The molecule has 0 saturated carbocycles. The molecule has 1 aliphatic heterocycles. The van der Waals surface area contributed by atoms with Crippen molar-refractivity contribution in [3.05, 3.63) is 23.7 Å². The van der Waals surface area contributed by atoms with Crippen LogP contribution in [-0.4, -0.2) is 40.8 Å². The van der Waals surface area contributed by atoms with Crippen molar-refractivity contribution in [2.75, 3.05) is 19.7 Å². The Balaban J connectivity index is 1.86. The van der Waals surface area contributed by atoms with Crippen LogP contribution in [0.4, 0.5) is 0 Å². The highest BCUT2D eigenvalue weighted by Gasteiger charge is 2.19. The molecule has 0 spiro atoms. The van der Waals surface area contributed by atoms with Gasteiger partial charge in [0.2, 0.25) is 5.76 Å². The van der Waals surface area contributed by atoms with Crippen molar-refractivity contribution >= 4 is 5.97 Å². The van der Waals surface area contributed by atoms with E-state index in [0.29, 0.717) is 18.2 Å². The maximum Gasteiger partial charge on any atom is 0.371 e. The molecule has 0 aliphatic carbocycles. The van der Waals surface area contributed by atoms with Gasteiger partial charge in [0, 0.05) is 6.61 Å². The van der Waals surface area contributed by atoms with Gasteiger partial charge in [-0.25, -0.2) is 4.79 Å². The third-order valence-electron chi connectivity index (χ3n) is 3.22. The average Bonchev–Trinajstić information content (AvgIpc) is 2.79. The highest BCUT2D eigenvalue weighted by Crippen LogP contribution is 2.19. The summed E-state index contributed by atoms with van der Waals surface area (Å²) in [6.45, 7) is 2.76. The van der Waals surface area contributed by atoms with Crippen LogP contribution >= 0.6 is 0 Å². The summed E-state index contributed by atoms with van der Waals surface area (Å²) < 4.78 is 5.21. The number of nitrogens with zero attached hydrogens (tertiary/aromatic N) is 1. The number of furan rings is 1. The number of rotatable bonds is 4. The third-order valence-corrected chi connectivity index (χ3v) is 3.22. The molecular weight excluding hydrogens is 222 g/mol. The molecule has 0 bridgehead atoms. The summed E-state index contributed by atoms with van der Waals surface area (Å²) in [5.74, 6) is 0.0581. The molecule has 5 heteroatoms. The van der Waals surface area contributed by atoms with E-state index in [1.165, 1.54) is 6.07 Å². The van der Waals surface area contributed by atoms with Crippen LogP contribution in [0.25, 0.3) is 0 Å². The number of carboxylic acid groups (broad SMARTS) is 1. The Kier molecular flexibility index (Phi) is 3.81. The fourth-order valence-electron chi connectivity index (χ4n) is 2.13. The van der Waals surface area contributed by atoms with Crippen LogP contribution in [0.15, 0.2) is 16.5 Å². The SMILES string of the molecule is O=C(O)c1ccc(CN2CCC(CO)CC2)o1. The summed E-state index contributed by atoms with van der Waals surface area (Å²) in [7, 11) is 0. The second kappa shape index (κ2) is 5.33. The number of aliphatic hydroxyl groups excluding tert-OH is 1. The summed E-state index contributed by atoms with van der Waals surface area (Å²) in [4.78, 5) is 12.9. The normalized spacial score (nSPS) is 18.4. The van der Waals surface area contributed by atoms with Gasteiger partial charge in [-0.2, -0.15) is 0 Å². The van der Waals surface area contributed by atoms with Gasteiger partial charge in [-0.1, -0.05) is 0 Å². The smallest absolute Gasteiger partial charge is 0.371 e. The zero-order chi connectivity index (χ0) is 12.3. The Morgan fingerprint density at radius 2 is 2.12 bits per heavy atom. The van der Waals surface area contributed by atoms with Crippen molar-refractivity contribution in [2.45, 2.75) is 19.4 Å². The largest absolute Gasteiger partial charge is 0.475 e. The summed E-state index contributed by atoms with van der Waals surface area (Å²) in [5.41, 5.74) is 0. The van der Waals surface area contributed by atoms with E-state index in [0.717, 1.165) is 25.9 Å². The minimum Gasteiger partial charge on any atom is -0.475 e. The van der Waals surface area contributed by atoms with Gasteiger partial charge < -0.3 is 14.6 Å². The third kappa shape index (κ3) is 3.08. The molecule has 1 aromatic rings. The Labute approximate surface area is 99.6 Å². The molecule has 0 atom stereocenters. The van der Waals surface area contributed by atoms with Gasteiger partial charge in [-0.3, -0.25) is 4.90 Å². The fraction of sp³-hybridized carbons (Fsp3) is 0.583. The van der Waals surface area contributed by atoms with E-state index >= 15 is 0 Å². The molecule has 5 nitrogen and oxygen atoms in total. The van der Waals surface area contributed by atoms with Crippen molar-refractivity contribution in [3.63, 3.8) is 0 Å². The molecule has 1 aliphatic rings. The summed E-state index contributed by atoms with van der Waals surface area (Å²) in [5, 5.41) is 17.8. The summed E-state index contributed by atoms with van der Waals surface area (Å²) in [6.07, 6.45) is 1.98. The lowest BCUT2D eigenvalue weighted by Crippen LogP contribution is -2.34. The first-order chi connectivity index (χ1) is 8.19. The first-order valence-corrected chi connectivity index (χ1v) is 5.84. The topological polar surface area (TPSA) is 73.9 Å². The second-order valence-electron chi connectivity index (χ2n) is 4.47. The van der Waals surface area contributed by atoms with E-state index in [1.54, 1.807) is 6.07 Å². The van der Waals surface area contributed by atoms with Crippen LogP contribution in [0.2, 0.25) is 0 Å². The lowest BCUT2D eigenvalue weighted by molar-refractivity contribution is 0.0656. The lowest BCUT2D eigenvalue weighted by Gasteiger charge is -2.30. The Bertz CT molecular complexity index is 380. The zero-order valence-electron chi connectivity index (χ0n) is 9.63. The molecule has 0 unspecified atom stereocenters. The number of hydrogen-bond acceptors (Lipinski definition) is 4. The molecule has 1 saturated heterocycles. The van der Waals surface area contributed by atoms with Crippen molar-refractivity contribution in [1.29, 1.82) is 0 Å². The van der Waals surface area contributed by atoms with Gasteiger partial charge in [0.1, 0.15) is 5.76 Å². The quantitative estimate of drug-likeness (QED) is 0.825. The van der Waals surface area contributed by atoms with Gasteiger partial charge in [-0.15, -0.1) is 0 Å². The van der Waals surface area contributed by atoms with Crippen LogP contribution in [0, 0.1) is 5.92 Å². The molecule has 17 heavy (non-hydrogen) atoms. The molecule has 0 radical (unpaired) electrons. The molecule has 0 aromatic carbocycles. The number of piperidine rings is 1. The monoisotopic (exact) mass is 239 g/mol. The number of likely N-dealkylation sites (tertiary alicyclic amines) is 1. The summed E-state index contributed by atoms with van der Waals surface area (Å²) >= 11 is 0. The minimum absolute atomic E-state index is 0.00903. The van der Waals surface area contributed by atoms with Gasteiger partial charge in [0.15, 0.2) is 0 Å². The molecule has 2 N–H and O–H groups in total. The van der Waals surface area contributed by atoms with Crippen LogP contribution in [-0.2, 0) is 6.54 Å². The second-order valence-corrected chi connectivity index (χ2v) is 4.47. The predicted octanol–water partition coefficient (Wildman–Crippen LogP) is 1.18. The molecular formula is C12H17NO4. The number of hydrogen-bond donors (Lipinski definition) is 2. The van der Waals surface area contributed by atoms with Gasteiger partial charge >= 0.3 is 5.97 Å². The first kappa shape index (κ1) is 12.1. The predicted molar refractivity (Wildman–Crippen MR) is 60.8 cm³/mol. The minimum atomic E-state index is -1.03. The first-order valence-electron chi connectivity index (χ1n) is 5.84. The van der Waals surface area contributed by atoms with Crippen molar-refractivity contribution in [3.8, 4) is 0 Å². The number of aromatic carboxylic acids is 1. The Hall–Kier alpha value is -1.33. The molecule has 1 fully saturated rings. The van der Waals surface area contributed by atoms with Crippen molar-refractivity contribution < 1.29 is 19.4 Å². The lowest BCUT2D eigenvalue weighted by atomic mass is 9.98. The van der Waals surface area contributed by atoms with Crippen molar-refractivity contribution in [1.82, 2.24) is 4.90 Å². The average molecular weight is 239 g/mol. The molecule has 2 heterocycles. The highest BCUT2D eigenvalue weighted by molar-refractivity contribution is 5.84. The van der Waals surface area contributed by atoms with E-state index < -0.39 is 5.97 Å². The van der Waals surface area contributed by atoms with E-state index in [-0.39, 0.29) is 12.4 Å². The highest BCUT2D eigenvalue weighted by atomic mass is 16.4. The van der Waals surface area contributed by atoms with Gasteiger partial charge in [0.05, 0.1) is 6.54 Å². The number of carbonyl (C=O) groups is 1. The maximum atomic E-state index is 10.7. The van der Waals surface area contributed by atoms with E-state index in [4.69, 9.17) is 14.6 Å². The number of aliphatic hydroxyl groups is 1. The van der Waals surface area contributed by atoms with Crippen LogP contribution in [0.5, 0.6) is 0 Å². The Morgan fingerprint density at radius 3 is 2.65 bits per heavy atom. The molecule has 2 rings (SSSR count). The fourth-order valence-corrected chi connectivity index (χ4v) is 2.13. The number of carboxylic acids is 1. The van der Waals surface area contributed by atoms with Gasteiger partial charge in [0.25, 0.3) is 0 Å². The van der Waals surface area contributed by atoms with E-state index in [9.17, 15) is 4.79 Å². The van der Waals surface area contributed by atoms with E-state index in [2.05, 4.69) is 4.90 Å². The summed E-state index contributed by atoms with van der Waals surface area (Å²) in [6, 6.07) is 3.19. The maximum absolute atomic E-state index is 10.7. The van der Waals surface area contributed by atoms with Crippen LogP contribution in [0.3, 0.4) is 0 Å². The van der Waals surface area contributed by atoms with Crippen LogP contribution < -0.4 is 0 Å². The Morgan fingerprint density at radius 1 is 1.41 bits per heavy atom.